The van der Waals surface area contributed by atoms with E-state index >= 15 is 0 Å². The third kappa shape index (κ3) is 3.80. The van der Waals surface area contributed by atoms with Crippen molar-refractivity contribution in [2.45, 2.75) is 0 Å². The first kappa shape index (κ1) is 15.0. The molecular formula is C14H12O6S. The summed E-state index contributed by atoms with van der Waals surface area (Å²) in [5.41, 5.74) is 0.679. The van der Waals surface area contributed by atoms with E-state index in [1.54, 1.807) is 36.4 Å². The van der Waals surface area contributed by atoms with Crippen LogP contribution in [-0.4, -0.2) is 26.0 Å². The van der Waals surface area contributed by atoms with Gasteiger partial charge in [-0.2, -0.15) is 8.42 Å². The number of esters is 1. The highest BCUT2D eigenvalue weighted by Gasteiger charge is 2.11. The molecule has 0 saturated heterocycles. The Bertz CT molecular complexity index is 807. The third-order valence-corrected chi connectivity index (χ3v) is 3.10. The Morgan fingerprint density at radius 1 is 1.14 bits per heavy atom. The van der Waals surface area contributed by atoms with Crippen molar-refractivity contribution < 1.29 is 26.7 Å². The minimum Gasteiger partial charge on any atom is -0.466 e. The van der Waals surface area contributed by atoms with Gasteiger partial charge in [0.25, 0.3) is 0 Å². The predicted octanol–water partition coefficient (Wildman–Crippen LogP) is 2.21. The van der Waals surface area contributed by atoms with Crippen molar-refractivity contribution in [3.8, 4) is 5.75 Å². The highest BCUT2D eigenvalue weighted by Crippen LogP contribution is 2.30. The molecular weight excluding hydrogens is 296 g/mol. The Morgan fingerprint density at radius 3 is 2.43 bits per heavy atom. The van der Waals surface area contributed by atoms with E-state index in [4.69, 9.17) is 4.55 Å². The van der Waals surface area contributed by atoms with Crippen molar-refractivity contribution in [3.05, 3.63) is 48.0 Å². The van der Waals surface area contributed by atoms with E-state index in [-0.39, 0.29) is 5.75 Å². The summed E-state index contributed by atoms with van der Waals surface area (Å²) in [5.74, 6) is -0.499. The van der Waals surface area contributed by atoms with Crippen molar-refractivity contribution in [3.63, 3.8) is 0 Å². The Hall–Kier alpha value is -2.38. The lowest BCUT2D eigenvalue weighted by Crippen LogP contribution is -2.07. The average Bonchev–Trinajstić information content (AvgIpc) is 2.44. The topological polar surface area (TPSA) is 89.9 Å². The molecule has 0 aromatic heterocycles. The van der Waals surface area contributed by atoms with Crippen molar-refractivity contribution in [2.75, 3.05) is 7.11 Å². The van der Waals surface area contributed by atoms with E-state index in [2.05, 4.69) is 8.92 Å². The molecule has 2 rings (SSSR count). The molecule has 0 bridgehead atoms. The SMILES string of the molecule is COC(=O)C=Cc1ccc(OS(=O)(=O)O)c2ccccc12. The molecule has 2 aromatic carbocycles. The smallest absolute Gasteiger partial charge is 0.446 e. The number of hydrogen-bond acceptors (Lipinski definition) is 5. The molecule has 7 heteroatoms. The second kappa shape index (κ2) is 5.94. The van der Waals surface area contributed by atoms with Gasteiger partial charge in [0.15, 0.2) is 5.75 Å². The molecule has 0 atom stereocenters. The van der Waals surface area contributed by atoms with Gasteiger partial charge < -0.3 is 8.92 Å². The average molecular weight is 308 g/mol. The van der Waals surface area contributed by atoms with Gasteiger partial charge >= 0.3 is 16.4 Å². The second-order valence-corrected chi connectivity index (χ2v) is 5.09. The summed E-state index contributed by atoms with van der Waals surface area (Å²) in [7, 11) is -3.33. The Labute approximate surface area is 121 Å². The number of ether oxygens (including phenoxy) is 1. The maximum atomic E-state index is 11.1. The monoisotopic (exact) mass is 308 g/mol. The van der Waals surface area contributed by atoms with E-state index in [9.17, 15) is 13.2 Å². The van der Waals surface area contributed by atoms with E-state index in [1.165, 1.54) is 19.3 Å². The molecule has 1 N–H and O–H groups in total. The van der Waals surface area contributed by atoms with E-state index in [0.717, 1.165) is 0 Å². The fourth-order valence-corrected chi connectivity index (χ4v) is 2.22. The molecule has 0 radical (unpaired) electrons. The van der Waals surface area contributed by atoms with Crippen molar-refractivity contribution in [1.82, 2.24) is 0 Å². The van der Waals surface area contributed by atoms with E-state index < -0.39 is 16.4 Å². The van der Waals surface area contributed by atoms with Crippen LogP contribution in [0.25, 0.3) is 16.8 Å². The van der Waals surface area contributed by atoms with Crippen LogP contribution >= 0.6 is 0 Å². The number of carbonyl (C=O) groups excluding carboxylic acids is 1. The minimum absolute atomic E-state index is 0.00307. The van der Waals surface area contributed by atoms with Crippen LogP contribution in [0.15, 0.2) is 42.5 Å². The van der Waals surface area contributed by atoms with E-state index in [0.29, 0.717) is 16.3 Å². The Kier molecular flexibility index (Phi) is 4.25. The zero-order valence-electron chi connectivity index (χ0n) is 11.0. The quantitative estimate of drug-likeness (QED) is 0.529. The normalized spacial score (nSPS) is 11.7. The van der Waals surface area contributed by atoms with Crippen LogP contribution in [0.3, 0.4) is 0 Å². The molecule has 21 heavy (non-hydrogen) atoms. The van der Waals surface area contributed by atoms with Crippen LogP contribution < -0.4 is 4.18 Å². The van der Waals surface area contributed by atoms with Gasteiger partial charge in [-0.3, -0.25) is 4.55 Å². The minimum atomic E-state index is -4.60. The van der Waals surface area contributed by atoms with Crippen LogP contribution in [0.1, 0.15) is 5.56 Å². The molecule has 0 spiro atoms. The zero-order valence-corrected chi connectivity index (χ0v) is 11.8. The van der Waals surface area contributed by atoms with Gasteiger partial charge in [0.05, 0.1) is 7.11 Å². The molecule has 0 saturated carbocycles. The lowest BCUT2D eigenvalue weighted by atomic mass is 10.0. The summed E-state index contributed by atoms with van der Waals surface area (Å²) >= 11 is 0. The van der Waals surface area contributed by atoms with Gasteiger partial charge in [-0.15, -0.1) is 0 Å². The first-order valence-corrected chi connectivity index (χ1v) is 7.22. The molecule has 0 aliphatic heterocycles. The van der Waals surface area contributed by atoms with Crippen molar-refractivity contribution in [1.29, 1.82) is 0 Å². The highest BCUT2D eigenvalue weighted by atomic mass is 32.3. The van der Waals surface area contributed by atoms with Crippen LogP contribution in [-0.2, 0) is 19.9 Å². The van der Waals surface area contributed by atoms with E-state index in [1.807, 2.05) is 0 Å². The Balaban J connectivity index is 2.54. The number of hydrogen-bond donors (Lipinski definition) is 1. The molecule has 0 aliphatic carbocycles. The molecule has 0 amide bonds. The standard InChI is InChI=1S/C14H12O6S/c1-19-14(15)9-7-10-6-8-13(20-21(16,17)18)12-5-3-2-4-11(10)12/h2-9H,1H3,(H,16,17,18). The fraction of sp³-hybridized carbons (Fsp3) is 0.0714. The summed E-state index contributed by atoms with van der Waals surface area (Å²) in [5, 5.41) is 1.15. The van der Waals surface area contributed by atoms with Crippen LogP contribution in [0.2, 0.25) is 0 Å². The molecule has 6 nitrogen and oxygen atoms in total. The number of rotatable bonds is 4. The maximum absolute atomic E-state index is 11.1. The van der Waals surface area contributed by atoms with Crippen molar-refractivity contribution >= 4 is 33.2 Å². The molecule has 2 aromatic rings. The fourth-order valence-electron chi connectivity index (χ4n) is 1.85. The van der Waals surface area contributed by atoms with Gasteiger partial charge in [0, 0.05) is 11.5 Å². The third-order valence-electron chi connectivity index (χ3n) is 2.71. The summed E-state index contributed by atoms with van der Waals surface area (Å²) in [6.45, 7) is 0. The largest absolute Gasteiger partial charge is 0.466 e. The maximum Gasteiger partial charge on any atom is 0.446 e. The van der Waals surface area contributed by atoms with Crippen LogP contribution in [0.4, 0.5) is 0 Å². The van der Waals surface area contributed by atoms with Gasteiger partial charge in [-0.05, 0) is 23.1 Å². The first-order valence-electron chi connectivity index (χ1n) is 5.85. The Morgan fingerprint density at radius 2 is 1.81 bits per heavy atom. The highest BCUT2D eigenvalue weighted by molar-refractivity contribution is 7.81. The summed E-state index contributed by atoms with van der Waals surface area (Å²) in [4.78, 5) is 11.1. The second-order valence-electron chi connectivity index (χ2n) is 4.07. The number of methoxy groups -OCH3 is 1. The molecule has 0 aliphatic rings. The van der Waals surface area contributed by atoms with Gasteiger partial charge in [-0.25, -0.2) is 4.79 Å². The van der Waals surface area contributed by atoms with Crippen molar-refractivity contribution in [2.24, 2.45) is 0 Å². The summed E-state index contributed by atoms with van der Waals surface area (Å²) in [6, 6.07) is 9.81. The van der Waals surface area contributed by atoms with Gasteiger partial charge in [-0.1, -0.05) is 30.3 Å². The van der Waals surface area contributed by atoms with Crippen LogP contribution in [0.5, 0.6) is 5.75 Å². The number of fused-ring (bicyclic) bond motifs is 1. The lowest BCUT2D eigenvalue weighted by molar-refractivity contribution is -0.134. The molecule has 0 heterocycles. The van der Waals surface area contributed by atoms with Crippen LogP contribution in [0, 0.1) is 0 Å². The number of benzene rings is 2. The van der Waals surface area contributed by atoms with Gasteiger partial charge in [0.2, 0.25) is 0 Å². The molecule has 0 fully saturated rings. The number of carbonyl (C=O) groups is 1. The lowest BCUT2D eigenvalue weighted by Gasteiger charge is -2.08. The predicted molar refractivity (Wildman–Crippen MR) is 77.2 cm³/mol. The molecule has 0 unspecified atom stereocenters. The zero-order chi connectivity index (χ0) is 15.5. The summed E-state index contributed by atoms with van der Waals surface area (Å²) in [6.07, 6.45) is 2.80. The first-order chi connectivity index (χ1) is 9.90. The van der Waals surface area contributed by atoms with Gasteiger partial charge in [0.1, 0.15) is 0 Å². The molecule has 110 valence electrons. The summed E-state index contributed by atoms with van der Waals surface area (Å²) < 4.78 is 39.5.